The lowest BCUT2D eigenvalue weighted by Crippen LogP contribution is -2.27. The number of anilines is 2. The first-order valence-corrected chi connectivity index (χ1v) is 10.7. The van der Waals surface area contributed by atoms with Crippen molar-refractivity contribution in [1.29, 1.82) is 0 Å². The summed E-state index contributed by atoms with van der Waals surface area (Å²) in [7, 11) is -3.90. The topological polar surface area (TPSA) is 75.3 Å². The molecule has 2 N–H and O–H groups in total. The fourth-order valence-corrected chi connectivity index (χ4v) is 4.32. The number of nitrogens with one attached hydrogen (secondary N) is 2. The van der Waals surface area contributed by atoms with E-state index >= 15 is 0 Å². The summed E-state index contributed by atoms with van der Waals surface area (Å²) in [5.74, 6) is -1.13. The summed E-state index contributed by atoms with van der Waals surface area (Å²) in [6, 6.07) is 16.7. The Morgan fingerprint density at radius 3 is 2.10 bits per heavy atom. The number of hydrogen-bond donors (Lipinski definition) is 2. The fraction of sp³-hybridized carbons (Fsp3) is 0.136. The zero-order valence-corrected chi connectivity index (χ0v) is 16.5. The van der Waals surface area contributed by atoms with E-state index in [1.807, 2.05) is 0 Å². The van der Waals surface area contributed by atoms with Crippen molar-refractivity contribution in [3.05, 3.63) is 90.0 Å². The molecule has 5 nitrogen and oxygen atoms in total. The molecule has 0 atom stereocenters. The fourth-order valence-electron chi connectivity index (χ4n) is 3.27. The number of hydrogen-bond acceptors (Lipinski definition) is 3. The van der Waals surface area contributed by atoms with Gasteiger partial charge in [0.1, 0.15) is 11.6 Å². The van der Waals surface area contributed by atoms with Crippen molar-refractivity contribution in [1.82, 2.24) is 0 Å². The van der Waals surface area contributed by atoms with E-state index in [0.29, 0.717) is 18.5 Å². The van der Waals surface area contributed by atoms with E-state index in [4.69, 9.17) is 0 Å². The number of carbonyl (C=O) groups is 1. The average Bonchev–Trinajstić information content (AvgIpc) is 3.51. The molecule has 0 heterocycles. The summed E-state index contributed by atoms with van der Waals surface area (Å²) in [6.07, 6.45) is 1.32. The van der Waals surface area contributed by atoms with Gasteiger partial charge in [0.2, 0.25) is 5.91 Å². The quantitative estimate of drug-likeness (QED) is 0.610. The average molecular weight is 428 g/mol. The van der Waals surface area contributed by atoms with Gasteiger partial charge >= 0.3 is 0 Å². The molecule has 30 heavy (non-hydrogen) atoms. The summed E-state index contributed by atoms with van der Waals surface area (Å²) in [5.41, 5.74) is 0.623. The Balaban J connectivity index is 1.47. The summed E-state index contributed by atoms with van der Waals surface area (Å²) in [5, 5.41) is 2.80. The van der Waals surface area contributed by atoms with Crippen molar-refractivity contribution in [2.75, 3.05) is 10.0 Å². The number of carbonyl (C=O) groups excluding carboxylic acids is 1. The maximum Gasteiger partial charge on any atom is 0.261 e. The van der Waals surface area contributed by atoms with Crippen molar-refractivity contribution < 1.29 is 22.0 Å². The van der Waals surface area contributed by atoms with Gasteiger partial charge in [-0.3, -0.25) is 9.52 Å². The van der Waals surface area contributed by atoms with Gasteiger partial charge in [-0.05, 0) is 73.0 Å². The van der Waals surface area contributed by atoms with Crippen LogP contribution in [0.15, 0.2) is 77.7 Å². The molecule has 0 bridgehead atoms. The molecule has 3 aromatic carbocycles. The van der Waals surface area contributed by atoms with E-state index in [-0.39, 0.29) is 22.3 Å². The molecule has 1 fully saturated rings. The van der Waals surface area contributed by atoms with Crippen molar-refractivity contribution in [2.45, 2.75) is 23.2 Å². The third-order valence-corrected chi connectivity index (χ3v) is 6.48. The SMILES string of the molecule is O=C(Nc1ccc(S(=O)(=O)Nc2cccc(F)c2)cc1)C1(c2ccc(F)cc2)CC1. The first-order chi connectivity index (χ1) is 14.3. The Labute approximate surface area is 172 Å². The largest absolute Gasteiger partial charge is 0.325 e. The van der Waals surface area contributed by atoms with Crippen LogP contribution in [-0.4, -0.2) is 14.3 Å². The smallest absolute Gasteiger partial charge is 0.261 e. The van der Waals surface area contributed by atoms with Crippen LogP contribution < -0.4 is 10.0 Å². The van der Waals surface area contributed by atoms with Crippen LogP contribution in [0.1, 0.15) is 18.4 Å². The molecule has 1 aliphatic rings. The van der Waals surface area contributed by atoms with Crippen LogP contribution in [-0.2, 0) is 20.2 Å². The van der Waals surface area contributed by atoms with Crippen molar-refractivity contribution in [3.63, 3.8) is 0 Å². The van der Waals surface area contributed by atoms with E-state index < -0.39 is 21.3 Å². The van der Waals surface area contributed by atoms with Gasteiger partial charge in [-0.2, -0.15) is 0 Å². The highest BCUT2D eigenvalue weighted by Gasteiger charge is 2.51. The van der Waals surface area contributed by atoms with Gasteiger partial charge in [0.15, 0.2) is 0 Å². The minimum Gasteiger partial charge on any atom is -0.325 e. The number of rotatable bonds is 6. The van der Waals surface area contributed by atoms with Gasteiger partial charge in [-0.1, -0.05) is 18.2 Å². The van der Waals surface area contributed by atoms with Gasteiger partial charge in [0, 0.05) is 5.69 Å². The molecule has 1 aliphatic carbocycles. The van der Waals surface area contributed by atoms with Crippen molar-refractivity contribution in [2.24, 2.45) is 0 Å². The summed E-state index contributed by atoms with van der Waals surface area (Å²) < 4.78 is 53.7. The first-order valence-electron chi connectivity index (χ1n) is 9.24. The van der Waals surface area contributed by atoms with Gasteiger partial charge in [-0.25, -0.2) is 17.2 Å². The first kappa shape index (κ1) is 20.0. The molecule has 3 aromatic rings. The van der Waals surface area contributed by atoms with Gasteiger partial charge in [0.05, 0.1) is 16.0 Å². The zero-order chi connectivity index (χ0) is 21.4. The third kappa shape index (κ3) is 4.04. The second kappa shape index (κ2) is 7.53. The maximum absolute atomic E-state index is 13.3. The van der Waals surface area contributed by atoms with Crippen LogP contribution in [0.5, 0.6) is 0 Å². The number of benzene rings is 3. The number of sulfonamides is 1. The Hall–Kier alpha value is -3.26. The molecule has 0 spiro atoms. The van der Waals surface area contributed by atoms with Gasteiger partial charge in [0.25, 0.3) is 10.0 Å². The van der Waals surface area contributed by atoms with E-state index in [0.717, 1.165) is 11.6 Å². The molecule has 0 aromatic heterocycles. The molecule has 1 amide bonds. The second-order valence-corrected chi connectivity index (χ2v) is 8.87. The molecule has 8 heteroatoms. The van der Waals surface area contributed by atoms with Crippen molar-refractivity contribution in [3.8, 4) is 0 Å². The summed E-state index contributed by atoms with van der Waals surface area (Å²) >= 11 is 0. The minimum atomic E-state index is -3.90. The van der Waals surface area contributed by atoms with Crippen molar-refractivity contribution >= 4 is 27.3 Å². The van der Waals surface area contributed by atoms with Crippen LogP contribution in [0, 0.1) is 11.6 Å². The molecule has 0 aliphatic heterocycles. The number of amides is 1. The lowest BCUT2D eigenvalue weighted by molar-refractivity contribution is -0.118. The van der Waals surface area contributed by atoms with Gasteiger partial charge in [-0.15, -0.1) is 0 Å². The number of halogens is 2. The molecule has 1 saturated carbocycles. The minimum absolute atomic E-state index is 0.0237. The molecule has 154 valence electrons. The van der Waals surface area contributed by atoms with Crippen LogP contribution in [0.2, 0.25) is 0 Å². The highest BCUT2D eigenvalue weighted by Crippen LogP contribution is 2.49. The Morgan fingerprint density at radius 2 is 1.50 bits per heavy atom. The van der Waals surface area contributed by atoms with Gasteiger partial charge < -0.3 is 5.32 Å². The van der Waals surface area contributed by atoms with E-state index in [1.165, 1.54) is 54.6 Å². The van der Waals surface area contributed by atoms with Crippen LogP contribution in [0.25, 0.3) is 0 Å². The molecular formula is C22H18F2N2O3S. The highest BCUT2D eigenvalue weighted by atomic mass is 32.2. The summed E-state index contributed by atoms with van der Waals surface area (Å²) in [4.78, 5) is 12.7. The second-order valence-electron chi connectivity index (χ2n) is 7.18. The lowest BCUT2D eigenvalue weighted by atomic mass is 9.95. The van der Waals surface area contributed by atoms with E-state index in [9.17, 15) is 22.0 Å². The van der Waals surface area contributed by atoms with E-state index in [2.05, 4.69) is 10.0 Å². The predicted octanol–water partition coefficient (Wildman–Crippen LogP) is 4.44. The Bertz CT molecular complexity index is 1190. The third-order valence-electron chi connectivity index (χ3n) is 5.08. The Kier molecular flexibility index (Phi) is 5.03. The molecular weight excluding hydrogens is 410 g/mol. The highest BCUT2D eigenvalue weighted by molar-refractivity contribution is 7.92. The van der Waals surface area contributed by atoms with E-state index in [1.54, 1.807) is 12.1 Å². The van der Waals surface area contributed by atoms with Crippen LogP contribution >= 0.6 is 0 Å². The summed E-state index contributed by atoms with van der Waals surface area (Å²) in [6.45, 7) is 0. The standard InChI is InChI=1S/C22H18F2N2O3S/c23-16-6-4-15(5-7-16)22(12-13-22)21(27)25-18-8-10-20(11-9-18)30(28,29)26-19-3-1-2-17(24)14-19/h1-11,14,26H,12-13H2,(H,25,27). The maximum atomic E-state index is 13.3. The Morgan fingerprint density at radius 1 is 0.833 bits per heavy atom. The monoisotopic (exact) mass is 428 g/mol. The molecule has 0 radical (unpaired) electrons. The zero-order valence-electron chi connectivity index (χ0n) is 15.7. The molecule has 0 saturated heterocycles. The van der Waals surface area contributed by atoms with Crippen LogP contribution in [0.3, 0.4) is 0 Å². The predicted molar refractivity (Wildman–Crippen MR) is 110 cm³/mol. The molecule has 4 rings (SSSR count). The van der Waals surface area contributed by atoms with Crippen LogP contribution in [0.4, 0.5) is 20.2 Å². The molecule has 0 unspecified atom stereocenters. The lowest BCUT2D eigenvalue weighted by Gasteiger charge is -2.16. The normalized spacial score (nSPS) is 14.7.